The highest BCUT2D eigenvalue weighted by molar-refractivity contribution is 6.32. The predicted octanol–water partition coefficient (Wildman–Crippen LogP) is 2.06. The fraction of sp³-hybridized carbons (Fsp3) is 0.136. The molecule has 8 N–H and O–H groups in total. The monoisotopic (exact) mass is 497 g/mol. The maximum Gasteiger partial charge on any atom is 0.341 e. The summed E-state index contributed by atoms with van der Waals surface area (Å²) >= 11 is 6.10. The lowest BCUT2D eigenvalue weighted by molar-refractivity contribution is -0.139. The Morgan fingerprint density at radius 2 is 1.71 bits per heavy atom. The van der Waals surface area contributed by atoms with E-state index < -0.39 is 18.7 Å². The van der Waals surface area contributed by atoms with Crippen LogP contribution in [0.4, 0.5) is 17.6 Å². The summed E-state index contributed by atoms with van der Waals surface area (Å²) in [6, 6.07) is 11.4. The number of benzene rings is 2. The predicted molar refractivity (Wildman–Crippen MR) is 129 cm³/mol. The zero-order valence-corrected chi connectivity index (χ0v) is 18.8. The average molecular weight is 498 g/mol. The molecule has 0 aliphatic heterocycles. The van der Waals surface area contributed by atoms with Crippen LogP contribution in [0.15, 0.2) is 42.5 Å². The van der Waals surface area contributed by atoms with Gasteiger partial charge in [0.2, 0.25) is 5.95 Å². The second kappa shape index (κ2) is 9.83. The summed E-state index contributed by atoms with van der Waals surface area (Å²) in [6.07, 6.45) is -0.988. The molecule has 0 amide bonds. The van der Waals surface area contributed by atoms with Crippen LogP contribution in [-0.2, 0) is 4.79 Å². The first-order valence-corrected chi connectivity index (χ1v) is 10.5. The normalized spacial score (nSPS) is 11.8. The number of aromatic nitrogens is 4. The molecule has 1 atom stereocenters. The van der Waals surface area contributed by atoms with Crippen molar-refractivity contribution in [2.75, 3.05) is 30.4 Å². The van der Waals surface area contributed by atoms with Crippen molar-refractivity contribution < 1.29 is 24.5 Å². The topological polar surface area (TPSA) is 206 Å². The van der Waals surface area contributed by atoms with Crippen LogP contribution in [0.3, 0.4) is 0 Å². The van der Waals surface area contributed by atoms with Crippen LogP contribution < -0.4 is 26.7 Å². The minimum Gasteiger partial charge on any atom is -0.491 e. The zero-order valence-electron chi connectivity index (χ0n) is 18.1. The number of nitrogens with zero attached hydrogens (tertiary/aromatic N) is 4. The molecule has 0 spiro atoms. The van der Waals surface area contributed by atoms with Crippen molar-refractivity contribution in [1.29, 1.82) is 0 Å². The Hall–Kier alpha value is -4.42. The van der Waals surface area contributed by atoms with E-state index in [2.05, 4.69) is 19.9 Å². The average Bonchev–Trinajstić information content (AvgIpc) is 2.81. The largest absolute Gasteiger partial charge is 0.491 e. The number of halogens is 1. The molecule has 0 aliphatic rings. The number of hydrogen-bond donors (Lipinski definition) is 5. The Balaban J connectivity index is 1.44. The minimum atomic E-state index is -1.12. The Morgan fingerprint density at radius 1 is 0.971 bits per heavy atom. The molecule has 0 saturated carbocycles. The molecular weight excluding hydrogens is 478 g/mol. The molecule has 0 bridgehead atoms. The van der Waals surface area contributed by atoms with Gasteiger partial charge in [0, 0.05) is 5.56 Å². The number of aliphatic carboxylic acids is 1. The van der Waals surface area contributed by atoms with Gasteiger partial charge in [0.25, 0.3) is 0 Å². The lowest BCUT2D eigenvalue weighted by atomic mass is 10.1. The molecule has 13 heteroatoms. The van der Waals surface area contributed by atoms with E-state index in [1.807, 2.05) is 0 Å². The van der Waals surface area contributed by atoms with Crippen molar-refractivity contribution in [2.24, 2.45) is 0 Å². The van der Waals surface area contributed by atoms with Gasteiger partial charge in [-0.1, -0.05) is 17.7 Å². The van der Waals surface area contributed by atoms with Gasteiger partial charge < -0.3 is 36.9 Å². The number of aliphatic hydroxyl groups excluding tert-OH is 1. The fourth-order valence-corrected chi connectivity index (χ4v) is 3.42. The number of fused-ring (bicyclic) bond motifs is 1. The number of rotatable bonds is 8. The second-order valence-electron chi connectivity index (χ2n) is 7.32. The summed E-state index contributed by atoms with van der Waals surface area (Å²) in [5.41, 5.74) is 19.5. The number of anilines is 3. The molecular formula is C22H20ClN7O5. The summed E-state index contributed by atoms with van der Waals surface area (Å²) in [5, 5.41) is 19.3. The first-order valence-electron chi connectivity index (χ1n) is 10.1. The van der Waals surface area contributed by atoms with E-state index in [0.29, 0.717) is 22.6 Å². The Kier molecular flexibility index (Phi) is 6.66. The summed E-state index contributed by atoms with van der Waals surface area (Å²) in [5.74, 6) is -0.214. The quantitative estimate of drug-likeness (QED) is 0.237. The van der Waals surface area contributed by atoms with Gasteiger partial charge >= 0.3 is 5.97 Å². The molecule has 2 heterocycles. The second-order valence-corrected chi connectivity index (χ2v) is 7.73. The van der Waals surface area contributed by atoms with Gasteiger partial charge in [-0.3, -0.25) is 0 Å². The van der Waals surface area contributed by atoms with E-state index >= 15 is 0 Å². The molecule has 12 nitrogen and oxygen atoms in total. The van der Waals surface area contributed by atoms with Crippen molar-refractivity contribution in [2.45, 2.75) is 6.10 Å². The highest BCUT2D eigenvalue weighted by Crippen LogP contribution is 2.30. The molecule has 180 valence electrons. The van der Waals surface area contributed by atoms with Crippen molar-refractivity contribution in [3.05, 3.63) is 53.1 Å². The summed E-state index contributed by atoms with van der Waals surface area (Å²) < 4.78 is 10.7. The number of nitrogen functional groups attached to an aromatic ring is 3. The lowest BCUT2D eigenvalue weighted by Crippen LogP contribution is -2.11. The number of aliphatic hydroxyl groups is 1. The van der Waals surface area contributed by atoms with E-state index in [9.17, 15) is 9.90 Å². The third-order valence-electron chi connectivity index (χ3n) is 4.83. The number of ether oxygens (including phenoxy) is 2. The standard InChI is InChI=1S/C22H20ClN7O5/c23-13-7-11(3-6-15(13)35-9-16(32)33)14(31)8-34-12-4-1-10(2-5-12)17-19(24)28-21-18(27-17)20(25)29-22(26)30-21/h1-7,14,31H,8-9H2,(H,32,33)(H6,24,25,26,28,29,30). The van der Waals surface area contributed by atoms with E-state index in [1.165, 1.54) is 12.1 Å². The number of carboxylic acid groups (broad SMARTS) is 1. The molecule has 2 aromatic heterocycles. The SMILES string of the molecule is Nc1nc(N)c2nc(-c3ccc(OCC(O)c4ccc(OCC(=O)O)c(Cl)c4)cc3)c(N)nc2n1. The van der Waals surface area contributed by atoms with Gasteiger partial charge in [-0.05, 0) is 42.0 Å². The molecule has 4 aromatic rings. The van der Waals surface area contributed by atoms with E-state index in [-0.39, 0.29) is 46.1 Å². The fourth-order valence-electron chi connectivity index (χ4n) is 3.17. The van der Waals surface area contributed by atoms with E-state index in [1.54, 1.807) is 30.3 Å². The van der Waals surface area contributed by atoms with Gasteiger partial charge in [-0.15, -0.1) is 0 Å². The number of hydrogen-bond acceptors (Lipinski definition) is 11. The number of carbonyl (C=O) groups is 1. The molecule has 2 aromatic carbocycles. The zero-order chi connectivity index (χ0) is 25.1. The molecule has 0 aliphatic carbocycles. The van der Waals surface area contributed by atoms with E-state index in [4.69, 9.17) is 43.4 Å². The number of carboxylic acids is 1. The van der Waals surface area contributed by atoms with Crippen LogP contribution in [0.25, 0.3) is 22.4 Å². The maximum atomic E-state index is 10.6. The third kappa shape index (κ3) is 5.39. The van der Waals surface area contributed by atoms with E-state index in [0.717, 1.165) is 0 Å². The Labute approximate surface area is 203 Å². The molecule has 1 unspecified atom stereocenters. The van der Waals surface area contributed by atoms with Gasteiger partial charge in [-0.25, -0.2) is 14.8 Å². The first-order chi connectivity index (χ1) is 16.7. The molecule has 0 fully saturated rings. The maximum absolute atomic E-state index is 10.6. The van der Waals surface area contributed by atoms with Crippen molar-refractivity contribution >= 4 is 46.3 Å². The van der Waals surface area contributed by atoms with Gasteiger partial charge in [0.05, 0.1) is 5.02 Å². The summed E-state index contributed by atoms with van der Waals surface area (Å²) in [6.45, 7) is -0.578. The minimum absolute atomic E-state index is 0.0233. The highest BCUT2D eigenvalue weighted by atomic mass is 35.5. The van der Waals surface area contributed by atoms with Crippen molar-refractivity contribution in [1.82, 2.24) is 19.9 Å². The van der Waals surface area contributed by atoms with Crippen LogP contribution >= 0.6 is 11.6 Å². The molecule has 0 saturated heterocycles. The highest BCUT2D eigenvalue weighted by Gasteiger charge is 2.15. The molecule has 35 heavy (non-hydrogen) atoms. The van der Waals surface area contributed by atoms with Gasteiger partial charge in [0.15, 0.2) is 29.4 Å². The van der Waals surface area contributed by atoms with Gasteiger partial charge in [-0.2, -0.15) is 9.97 Å². The first kappa shape index (κ1) is 23.7. The van der Waals surface area contributed by atoms with Crippen molar-refractivity contribution in [3.63, 3.8) is 0 Å². The van der Waals surface area contributed by atoms with Crippen molar-refractivity contribution in [3.8, 4) is 22.8 Å². The van der Waals surface area contributed by atoms with Crippen LogP contribution in [0, 0.1) is 0 Å². The van der Waals surface area contributed by atoms with Crippen LogP contribution in [0.5, 0.6) is 11.5 Å². The molecule has 4 rings (SSSR count). The third-order valence-corrected chi connectivity index (χ3v) is 5.13. The summed E-state index contributed by atoms with van der Waals surface area (Å²) in [4.78, 5) is 27.2. The van der Waals surface area contributed by atoms with Gasteiger partial charge in [0.1, 0.15) is 29.9 Å². The van der Waals surface area contributed by atoms with Crippen LogP contribution in [0.2, 0.25) is 5.02 Å². The van der Waals surface area contributed by atoms with Crippen LogP contribution in [0.1, 0.15) is 11.7 Å². The summed E-state index contributed by atoms with van der Waals surface area (Å²) in [7, 11) is 0. The smallest absolute Gasteiger partial charge is 0.341 e. The lowest BCUT2D eigenvalue weighted by Gasteiger charge is -2.15. The molecule has 0 radical (unpaired) electrons. The Bertz CT molecular complexity index is 1400. The number of nitrogens with two attached hydrogens (primary N) is 3. The van der Waals surface area contributed by atoms with Crippen LogP contribution in [-0.4, -0.2) is 49.3 Å². The Morgan fingerprint density at radius 3 is 2.40 bits per heavy atom.